The maximum Gasteiger partial charge on any atom is 0.316 e. The predicted molar refractivity (Wildman–Crippen MR) is 101 cm³/mol. The van der Waals surface area contributed by atoms with Gasteiger partial charge in [-0.25, -0.2) is 9.48 Å². The highest BCUT2D eigenvalue weighted by molar-refractivity contribution is 8.13. The molecule has 3 nitrogen and oxygen atoms in total. The minimum Gasteiger partial charge on any atom is -0.346 e. The molecule has 0 aromatic heterocycles. The number of nitrogens with zero attached hydrogens (tertiary/aromatic N) is 2. The molecular weight excluding hydrogens is 363 g/mol. The first-order valence-electron chi connectivity index (χ1n) is 7.87. The van der Waals surface area contributed by atoms with E-state index in [1.165, 1.54) is 0 Å². The maximum absolute atomic E-state index is 11.5. The van der Waals surface area contributed by atoms with Crippen LogP contribution in [0.4, 0.5) is 5.69 Å². The fourth-order valence-corrected chi connectivity index (χ4v) is 4.72. The first-order chi connectivity index (χ1) is 11.6. The summed E-state index contributed by atoms with van der Waals surface area (Å²) in [6.07, 6.45) is 1.05. The van der Waals surface area contributed by atoms with Gasteiger partial charge in [0.1, 0.15) is 5.69 Å². The van der Waals surface area contributed by atoms with Gasteiger partial charge in [-0.05, 0) is 54.6 Å². The molecule has 1 N–H and O–H groups in total. The smallest absolute Gasteiger partial charge is 0.316 e. The first-order valence-corrected chi connectivity index (χ1v) is 9.61. The number of β-amino-alcohol motifs (C(OH)–C–C–N with tert-alkyl or cyclic N) is 1. The van der Waals surface area contributed by atoms with Crippen molar-refractivity contribution in [3.05, 3.63) is 64.1 Å². The molecule has 0 saturated carbocycles. The highest BCUT2D eigenvalue weighted by Crippen LogP contribution is 2.38. The third-order valence-electron chi connectivity index (χ3n) is 4.49. The van der Waals surface area contributed by atoms with Gasteiger partial charge in [-0.2, -0.15) is 0 Å². The standard InChI is InChI=1S/C18H17Cl2N2OS/c19-14-4-2-13(3-5-14)18(23)12-21(16-8-6-15(20)7-9-16)17-22(18)10-1-11-24-17/h2-9,23H,1,10-12H2/q+1/t18-/m1/s1. The average Bonchev–Trinajstić information content (AvgIpc) is 2.91. The number of amidine groups is 1. The van der Waals surface area contributed by atoms with Gasteiger partial charge in [0, 0.05) is 21.4 Å². The van der Waals surface area contributed by atoms with Gasteiger partial charge < -0.3 is 5.11 Å². The molecule has 0 spiro atoms. The minimum absolute atomic E-state index is 0.485. The van der Waals surface area contributed by atoms with E-state index in [0.717, 1.165) is 35.1 Å². The second kappa shape index (κ2) is 6.26. The Hall–Kier alpha value is -1.20. The molecule has 0 unspecified atom stereocenters. The van der Waals surface area contributed by atoms with E-state index in [1.54, 1.807) is 11.8 Å². The highest BCUT2D eigenvalue weighted by Gasteiger charge is 2.53. The van der Waals surface area contributed by atoms with Gasteiger partial charge in [-0.3, -0.25) is 0 Å². The molecule has 2 aromatic carbocycles. The normalized spacial score (nSPS) is 23.5. The Bertz CT molecular complexity index is 792. The van der Waals surface area contributed by atoms with E-state index >= 15 is 0 Å². The molecule has 2 aliphatic rings. The number of hydrogen-bond donors (Lipinski definition) is 1. The quantitative estimate of drug-likeness (QED) is 0.793. The zero-order chi connectivity index (χ0) is 16.7. The number of hydrogen-bond acceptors (Lipinski definition) is 3. The van der Waals surface area contributed by atoms with Crippen molar-refractivity contribution in [2.75, 3.05) is 23.7 Å². The molecule has 0 fully saturated rings. The summed E-state index contributed by atoms with van der Waals surface area (Å²) in [6.45, 7) is 1.32. The maximum atomic E-state index is 11.5. The van der Waals surface area contributed by atoms with Crippen molar-refractivity contribution in [3.8, 4) is 0 Å². The van der Waals surface area contributed by atoms with E-state index in [9.17, 15) is 5.11 Å². The molecule has 0 saturated heterocycles. The van der Waals surface area contributed by atoms with Crippen molar-refractivity contribution in [1.82, 2.24) is 0 Å². The van der Waals surface area contributed by atoms with Crippen LogP contribution in [0.1, 0.15) is 12.0 Å². The van der Waals surface area contributed by atoms with Gasteiger partial charge in [0.05, 0.1) is 6.54 Å². The zero-order valence-electron chi connectivity index (χ0n) is 13.0. The summed E-state index contributed by atoms with van der Waals surface area (Å²) in [7, 11) is 0. The van der Waals surface area contributed by atoms with Gasteiger partial charge >= 0.3 is 5.17 Å². The van der Waals surface area contributed by atoms with Crippen LogP contribution in [0, 0.1) is 0 Å². The largest absolute Gasteiger partial charge is 0.346 e. The van der Waals surface area contributed by atoms with E-state index in [0.29, 0.717) is 16.6 Å². The third kappa shape index (κ3) is 2.72. The lowest BCUT2D eigenvalue weighted by Gasteiger charge is -2.24. The Balaban J connectivity index is 1.78. The number of aliphatic hydroxyl groups is 1. The third-order valence-corrected chi connectivity index (χ3v) is 6.18. The predicted octanol–water partition coefficient (Wildman–Crippen LogP) is 4.16. The van der Waals surface area contributed by atoms with E-state index in [1.807, 2.05) is 48.5 Å². The Morgan fingerprint density at radius 1 is 1.00 bits per heavy atom. The molecule has 1 atom stereocenters. The van der Waals surface area contributed by atoms with Gasteiger partial charge in [0.25, 0.3) is 5.72 Å². The first kappa shape index (κ1) is 16.3. The van der Waals surface area contributed by atoms with E-state index in [2.05, 4.69) is 9.48 Å². The second-order valence-corrected chi connectivity index (χ2v) is 7.96. The van der Waals surface area contributed by atoms with Crippen LogP contribution in [0.3, 0.4) is 0 Å². The van der Waals surface area contributed by atoms with Crippen LogP contribution in [-0.2, 0) is 5.72 Å². The van der Waals surface area contributed by atoms with Crippen LogP contribution in [0.5, 0.6) is 0 Å². The molecule has 24 heavy (non-hydrogen) atoms. The number of thioether (sulfide) groups is 1. The number of benzene rings is 2. The summed E-state index contributed by atoms with van der Waals surface area (Å²) in [6, 6.07) is 15.2. The van der Waals surface area contributed by atoms with Crippen molar-refractivity contribution in [1.29, 1.82) is 0 Å². The van der Waals surface area contributed by atoms with Crippen molar-refractivity contribution >= 4 is 45.8 Å². The molecule has 124 valence electrons. The fourth-order valence-electron chi connectivity index (χ4n) is 3.29. The summed E-state index contributed by atoms with van der Waals surface area (Å²) < 4.78 is 2.11. The fraction of sp³-hybridized carbons (Fsp3) is 0.278. The molecular formula is C18H17Cl2N2OS+. The van der Waals surface area contributed by atoms with Crippen LogP contribution in [0.15, 0.2) is 48.5 Å². The van der Waals surface area contributed by atoms with Crippen molar-refractivity contribution in [2.45, 2.75) is 12.1 Å². The van der Waals surface area contributed by atoms with Crippen LogP contribution < -0.4 is 4.90 Å². The van der Waals surface area contributed by atoms with E-state index in [-0.39, 0.29) is 0 Å². The van der Waals surface area contributed by atoms with Crippen molar-refractivity contribution in [2.24, 2.45) is 0 Å². The highest BCUT2D eigenvalue weighted by atomic mass is 35.5. The number of rotatable bonds is 2. The topological polar surface area (TPSA) is 26.5 Å². The Morgan fingerprint density at radius 2 is 1.62 bits per heavy atom. The summed E-state index contributed by atoms with van der Waals surface area (Å²) in [4.78, 5) is 2.18. The number of anilines is 1. The van der Waals surface area contributed by atoms with Crippen LogP contribution in [0.25, 0.3) is 0 Å². The van der Waals surface area contributed by atoms with E-state index in [4.69, 9.17) is 23.2 Å². The molecule has 2 aromatic rings. The molecule has 0 amide bonds. The Labute approximate surface area is 155 Å². The Kier molecular flexibility index (Phi) is 4.25. The summed E-state index contributed by atoms with van der Waals surface area (Å²) in [5, 5.41) is 14.0. The molecule has 2 aliphatic heterocycles. The summed E-state index contributed by atoms with van der Waals surface area (Å²) >= 11 is 13.8. The SMILES string of the molecule is O[C@@]1(c2ccc(Cl)cc2)CN(c2ccc(Cl)cc2)C2=[N+]1CCCS2. The van der Waals surface area contributed by atoms with E-state index < -0.39 is 5.72 Å². The van der Waals surface area contributed by atoms with Gasteiger partial charge in [0.15, 0.2) is 6.54 Å². The summed E-state index contributed by atoms with van der Waals surface area (Å²) in [5.74, 6) is 1.06. The molecule has 0 radical (unpaired) electrons. The lowest BCUT2D eigenvalue weighted by atomic mass is 10.0. The lowest BCUT2D eigenvalue weighted by molar-refractivity contribution is -0.656. The van der Waals surface area contributed by atoms with Gasteiger partial charge in [-0.1, -0.05) is 35.3 Å². The molecule has 0 bridgehead atoms. The Morgan fingerprint density at radius 3 is 2.29 bits per heavy atom. The van der Waals surface area contributed by atoms with Crippen molar-refractivity contribution < 1.29 is 9.68 Å². The minimum atomic E-state index is -1.05. The van der Waals surface area contributed by atoms with Crippen LogP contribution >= 0.6 is 35.0 Å². The summed E-state index contributed by atoms with van der Waals surface area (Å²) in [5.41, 5.74) is 0.856. The molecule has 0 aliphatic carbocycles. The average molecular weight is 380 g/mol. The molecule has 2 heterocycles. The number of halogens is 2. The van der Waals surface area contributed by atoms with Crippen LogP contribution in [0.2, 0.25) is 10.0 Å². The zero-order valence-corrected chi connectivity index (χ0v) is 15.3. The van der Waals surface area contributed by atoms with Gasteiger partial charge in [-0.15, -0.1) is 0 Å². The van der Waals surface area contributed by atoms with Gasteiger partial charge in [0.2, 0.25) is 0 Å². The molecule has 4 rings (SSSR count). The van der Waals surface area contributed by atoms with Crippen LogP contribution in [-0.4, -0.2) is 33.7 Å². The van der Waals surface area contributed by atoms with Crippen molar-refractivity contribution in [3.63, 3.8) is 0 Å². The second-order valence-electron chi connectivity index (χ2n) is 6.02. The monoisotopic (exact) mass is 379 g/mol. The lowest BCUT2D eigenvalue weighted by Crippen LogP contribution is -2.41. The molecule has 6 heteroatoms.